The molecule has 0 bridgehead atoms. The molecule has 2 amide bonds. The Kier molecular flexibility index (Phi) is 6.33. The van der Waals surface area contributed by atoms with Gasteiger partial charge in [0.1, 0.15) is 0 Å². The SMILES string of the molecule is CNC(=O)c1ccc(NC(=O)CNC(c2cccs2)C(C)(C)C)cc1. The topological polar surface area (TPSA) is 70.2 Å². The van der Waals surface area contributed by atoms with Gasteiger partial charge < -0.3 is 16.0 Å². The lowest BCUT2D eigenvalue weighted by Crippen LogP contribution is -2.37. The summed E-state index contributed by atoms with van der Waals surface area (Å²) in [5.74, 6) is -0.262. The zero-order valence-electron chi connectivity index (χ0n) is 15.1. The van der Waals surface area contributed by atoms with Crippen LogP contribution in [0.2, 0.25) is 0 Å². The van der Waals surface area contributed by atoms with Crippen LogP contribution in [0.3, 0.4) is 0 Å². The Bertz CT molecular complexity index is 703. The highest BCUT2D eigenvalue weighted by Crippen LogP contribution is 2.34. The predicted molar refractivity (Wildman–Crippen MR) is 103 cm³/mol. The fourth-order valence-electron chi connectivity index (χ4n) is 2.54. The lowest BCUT2D eigenvalue weighted by Gasteiger charge is -2.30. The lowest BCUT2D eigenvalue weighted by molar-refractivity contribution is -0.115. The number of thiophene rings is 1. The molecule has 1 aromatic heterocycles. The molecule has 3 N–H and O–H groups in total. The third-order valence-electron chi connectivity index (χ3n) is 3.82. The number of nitrogens with one attached hydrogen (secondary N) is 3. The van der Waals surface area contributed by atoms with E-state index in [0.717, 1.165) is 0 Å². The van der Waals surface area contributed by atoms with Gasteiger partial charge in [-0.25, -0.2) is 0 Å². The van der Waals surface area contributed by atoms with Crippen LogP contribution in [0, 0.1) is 5.41 Å². The third kappa shape index (κ3) is 5.41. The van der Waals surface area contributed by atoms with Gasteiger partial charge in [0, 0.05) is 29.2 Å². The van der Waals surface area contributed by atoms with Crippen LogP contribution >= 0.6 is 11.3 Å². The number of rotatable bonds is 6. The van der Waals surface area contributed by atoms with Crippen molar-refractivity contribution in [1.29, 1.82) is 0 Å². The van der Waals surface area contributed by atoms with E-state index in [0.29, 0.717) is 11.3 Å². The number of benzene rings is 1. The van der Waals surface area contributed by atoms with E-state index >= 15 is 0 Å². The Hall–Kier alpha value is -2.18. The first-order valence-electron chi connectivity index (χ1n) is 8.20. The quantitative estimate of drug-likeness (QED) is 0.740. The van der Waals surface area contributed by atoms with Crippen molar-refractivity contribution in [1.82, 2.24) is 10.6 Å². The minimum absolute atomic E-state index is 0.000293. The first-order chi connectivity index (χ1) is 11.8. The molecule has 2 rings (SSSR count). The van der Waals surface area contributed by atoms with E-state index in [-0.39, 0.29) is 29.8 Å². The molecular formula is C19H25N3O2S. The van der Waals surface area contributed by atoms with Crippen molar-refractivity contribution in [3.63, 3.8) is 0 Å². The minimum atomic E-state index is -0.150. The fourth-order valence-corrected chi connectivity index (χ4v) is 3.58. The molecule has 0 spiro atoms. The summed E-state index contributed by atoms with van der Waals surface area (Å²) in [4.78, 5) is 25.0. The molecule has 1 atom stereocenters. The second-order valence-corrected chi connectivity index (χ2v) is 7.88. The van der Waals surface area contributed by atoms with E-state index in [1.807, 2.05) is 11.4 Å². The van der Waals surface area contributed by atoms with Crippen LogP contribution in [-0.4, -0.2) is 25.4 Å². The average molecular weight is 359 g/mol. The summed E-state index contributed by atoms with van der Waals surface area (Å²) in [5.41, 5.74) is 1.23. The monoisotopic (exact) mass is 359 g/mol. The summed E-state index contributed by atoms with van der Waals surface area (Å²) in [6.45, 7) is 6.68. The molecule has 1 aromatic carbocycles. The summed E-state index contributed by atoms with van der Waals surface area (Å²) in [7, 11) is 1.59. The van der Waals surface area contributed by atoms with Gasteiger partial charge in [-0.15, -0.1) is 11.3 Å². The largest absolute Gasteiger partial charge is 0.355 e. The van der Waals surface area contributed by atoms with Crippen molar-refractivity contribution in [2.75, 3.05) is 18.9 Å². The van der Waals surface area contributed by atoms with Crippen molar-refractivity contribution in [2.45, 2.75) is 26.8 Å². The van der Waals surface area contributed by atoms with Gasteiger partial charge in [0.25, 0.3) is 5.91 Å². The van der Waals surface area contributed by atoms with Gasteiger partial charge >= 0.3 is 0 Å². The lowest BCUT2D eigenvalue weighted by atomic mass is 9.86. The number of anilines is 1. The molecule has 0 aliphatic carbocycles. The van der Waals surface area contributed by atoms with Gasteiger partial charge in [-0.05, 0) is 41.1 Å². The van der Waals surface area contributed by atoms with E-state index in [1.54, 1.807) is 42.6 Å². The maximum atomic E-state index is 12.2. The molecule has 1 unspecified atom stereocenters. The van der Waals surface area contributed by atoms with Crippen LogP contribution < -0.4 is 16.0 Å². The van der Waals surface area contributed by atoms with Crippen molar-refractivity contribution in [3.8, 4) is 0 Å². The zero-order valence-corrected chi connectivity index (χ0v) is 15.9. The van der Waals surface area contributed by atoms with Crippen LogP contribution in [0.15, 0.2) is 41.8 Å². The van der Waals surface area contributed by atoms with E-state index in [2.05, 4.69) is 42.8 Å². The van der Waals surface area contributed by atoms with Gasteiger partial charge in [0.2, 0.25) is 5.91 Å². The van der Waals surface area contributed by atoms with Crippen molar-refractivity contribution < 1.29 is 9.59 Å². The molecular weight excluding hydrogens is 334 g/mol. The van der Waals surface area contributed by atoms with E-state index in [9.17, 15) is 9.59 Å². The molecule has 1 heterocycles. The maximum absolute atomic E-state index is 12.2. The number of carbonyl (C=O) groups excluding carboxylic acids is 2. The van der Waals surface area contributed by atoms with Gasteiger partial charge in [-0.1, -0.05) is 26.8 Å². The second-order valence-electron chi connectivity index (χ2n) is 6.90. The second kappa shape index (κ2) is 8.27. The van der Waals surface area contributed by atoms with Gasteiger partial charge in [-0.3, -0.25) is 9.59 Å². The van der Waals surface area contributed by atoms with Crippen LogP contribution in [0.1, 0.15) is 42.0 Å². The van der Waals surface area contributed by atoms with E-state index < -0.39 is 0 Å². The van der Waals surface area contributed by atoms with Crippen LogP contribution in [0.4, 0.5) is 5.69 Å². The molecule has 0 saturated carbocycles. The Morgan fingerprint density at radius 1 is 1.12 bits per heavy atom. The molecule has 25 heavy (non-hydrogen) atoms. The Morgan fingerprint density at radius 3 is 2.32 bits per heavy atom. The Labute approximate surface area is 152 Å². The summed E-state index contributed by atoms with van der Waals surface area (Å²) in [6.07, 6.45) is 0. The standard InChI is InChI=1S/C19H25N3O2S/c1-19(2,3)17(15-6-5-11-25-15)21-12-16(23)22-14-9-7-13(8-10-14)18(24)20-4/h5-11,17,21H,12H2,1-4H3,(H,20,24)(H,22,23). The molecule has 0 aliphatic heterocycles. The molecule has 0 saturated heterocycles. The minimum Gasteiger partial charge on any atom is -0.355 e. The number of amides is 2. The van der Waals surface area contributed by atoms with Crippen molar-refractivity contribution in [2.24, 2.45) is 5.41 Å². The van der Waals surface area contributed by atoms with Crippen molar-refractivity contribution >= 4 is 28.8 Å². The third-order valence-corrected chi connectivity index (χ3v) is 4.76. The fraction of sp³-hybridized carbons (Fsp3) is 0.368. The number of hydrogen-bond acceptors (Lipinski definition) is 4. The predicted octanol–water partition coefficient (Wildman–Crippen LogP) is 3.42. The first kappa shape index (κ1) is 19.1. The van der Waals surface area contributed by atoms with Crippen molar-refractivity contribution in [3.05, 3.63) is 52.2 Å². The van der Waals surface area contributed by atoms with Crippen LogP contribution in [0.25, 0.3) is 0 Å². The molecule has 6 heteroatoms. The highest BCUT2D eigenvalue weighted by Gasteiger charge is 2.27. The molecule has 0 aliphatic rings. The summed E-state index contributed by atoms with van der Waals surface area (Å²) < 4.78 is 0. The normalized spacial score (nSPS) is 12.5. The van der Waals surface area contributed by atoms with Gasteiger partial charge in [-0.2, -0.15) is 0 Å². The van der Waals surface area contributed by atoms with Gasteiger partial charge in [0.05, 0.1) is 6.54 Å². The maximum Gasteiger partial charge on any atom is 0.251 e. The van der Waals surface area contributed by atoms with E-state index in [1.165, 1.54) is 4.88 Å². The first-order valence-corrected chi connectivity index (χ1v) is 9.08. The summed E-state index contributed by atoms with van der Waals surface area (Å²) in [6, 6.07) is 11.0. The number of carbonyl (C=O) groups is 2. The van der Waals surface area contributed by atoms with E-state index in [4.69, 9.17) is 0 Å². The highest BCUT2D eigenvalue weighted by atomic mass is 32.1. The van der Waals surface area contributed by atoms with Crippen LogP contribution in [0.5, 0.6) is 0 Å². The molecule has 5 nitrogen and oxygen atoms in total. The highest BCUT2D eigenvalue weighted by molar-refractivity contribution is 7.10. The molecule has 0 fully saturated rings. The molecule has 2 aromatic rings. The Balaban J connectivity index is 1.94. The summed E-state index contributed by atoms with van der Waals surface area (Å²) in [5, 5.41) is 10.8. The van der Waals surface area contributed by atoms with Gasteiger partial charge in [0.15, 0.2) is 0 Å². The Morgan fingerprint density at radius 2 is 1.80 bits per heavy atom. The molecule has 134 valence electrons. The smallest absolute Gasteiger partial charge is 0.251 e. The zero-order chi connectivity index (χ0) is 18.4. The number of hydrogen-bond donors (Lipinski definition) is 3. The molecule has 0 radical (unpaired) electrons. The summed E-state index contributed by atoms with van der Waals surface area (Å²) >= 11 is 1.69. The van der Waals surface area contributed by atoms with Crippen LogP contribution in [-0.2, 0) is 4.79 Å². The average Bonchev–Trinajstić information content (AvgIpc) is 3.07.